The highest BCUT2D eigenvalue weighted by Gasteiger charge is 2.18. The van der Waals surface area contributed by atoms with E-state index in [1.165, 1.54) is 0 Å². The van der Waals surface area contributed by atoms with Gasteiger partial charge in [0, 0.05) is 17.6 Å². The lowest BCUT2D eigenvalue weighted by Gasteiger charge is -2.22. The molecule has 0 atom stereocenters. The van der Waals surface area contributed by atoms with Crippen molar-refractivity contribution in [1.82, 2.24) is 4.90 Å². The summed E-state index contributed by atoms with van der Waals surface area (Å²) < 4.78 is 25.3. The zero-order chi connectivity index (χ0) is 16.0. The lowest BCUT2D eigenvalue weighted by molar-refractivity contribution is -0.138. The molecule has 0 unspecified atom stereocenters. The predicted octanol–water partition coefficient (Wildman–Crippen LogP) is 2.27. The molecule has 21 heavy (non-hydrogen) atoms. The fourth-order valence-corrected chi connectivity index (χ4v) is 3.50. The third kappa shape index (κ3) is 6.58. The summed E-state index contributed by atoms with van der Waals surface area (Å²) in [5.74, 6) is -0.759. The number of benzene rings is 1. The van der Waals surface area contributed by atoms with Crippen LogP contribution in [0.5, 0.6) is 0 Å². The highest BCUT2D eigenvalue weighted by Crippen LogP contribution is 2.16. The number of rotatable bonds is 8. The van der Waals surface area contributed by atoms with E-state index in [0.717, 1.165) is 4.47 Å². The molecule has 0 amide bonds. The predicted molar refractivity (Wildman–Crippen MR) is 85.1 cm³/mol. The Kier molecular flexibility index (Phi) is 6.83. The van der Waals surface area contributed by atoms with Crippen LogP contribution in [0, 0.1) is 5.92 Å². The minimum Gasteiger partial charge on any atom is -0.480 e. The number of carboxylic acid groups (broad SMARTS) is 1. The first-order valence-electron chi connectivity index (χ1n) is 6.63. The molecule has 0 bridgehead atoms. The van der Waals surface area contributed by atoms with Crippen LogP contribution in [0.15, 0.2) is 33.6 Å². The van der Waals surface area contributed by atoms with E-state index < -0.39 is 15.8 Å². The molecule has 0 saturated heterocycles. The largest absolute Gasteiger partial charge is 0.480 e. The summed E-state index contributed by atoms with van der Waals surface area (Å²) in [5.41, 5.74) is 0. The summed E-state index contributed by atoms with van der Waals surface area (Å²) in [6, 6.07) is 6.44. The van der Waals surface area contributed by atoms with Gasteiger partial charge in [0.15, 0.2) is 9.84 Å². The van der Waals surface area contributed by atoms with Crippen LogP contribution >= 0.6 is 15.9 Å². The van der Waals surface area contributed by atoms with Crippen molar-refractivity contribution < 1.29 is 18.3 Å². The van der Waals surface area contributed by atoms with E-state index in [0.29, 0.717) is 6.54 Å². The first-order valence-corrected chi connectivity index (χ1v) is 9.07. The second kappa shape index (κ2) is 7.91. The quantitative estimate of drug-likeness (QED) is 0.751. The summed E-state index contributed by atoms with van der Waals surface area (Å²) in [4.78, 5) is 12.7. The first-order chi connectivity index (χ1) is 9.70. The van der Waals surface area contributed by atoms with Gasteiger partial charge in [0.05, 0.1) is 17.2 Å². The maximum absolute atomic E-state index is 12.2. The number of carbonyl (C=O) groups is 1. The Morgan fingerprint density at radius 3 is 2.33 bits per heavy atom. The summed E-state index contributed by atoms with van der Waals surface area (Å²) in [6.45, 7) is 4.56. The number of sulfone groups is 1. The minimum atomic E-state index is -3.40. The SMILES string of the molecule is CC(C)CN(CCS(=O)(=O)c1ccc(Br)cc1)CC(=O)O. The number of aliphatic carboxylic acids is 1. The first kappa shape index (κ1) is 18.1. The maximum Gasteiger partial charge on any atom is 0.317 e. The van der Waals surface area contributed by atoms with Crippen molar-refractivity contribution in [3.05, 3.63) is 28.7 Å². The number of hydrogen-bond donors (Lipinski definition) is 1. The lowest BCUT2D eigenvalue weighted by atomic mass is 10.2. The van der Waals surface area contributed by atoms with Crippen LogP contribution in [0.25, 0.3) is 0 Å². The van der Waals surface area contributed by atoms with Gasteiger partial charge >= 0.3 is 5.97 Å². The van der Waals surface area contributed by atoms with E-state index in [4.69, 9.17) is 5.11 Å². The molecule has 118 valence electrons. The van der Waals surface area contributed by atoms with Gasteiger partial charge in [-0.2, -0.15) is 0 Å². The van der Waals surface area contributed by atoms with Gasteiger partial charge in [-0.15, -0.1) is 0 Å². The van der Waals surface area contributed by atoms with Crippen molar-refractivity contribution >= 4 is 31.7 Å². The third-order valence-electron chi connectivity index (χ3n) is 2.83. The summed E-state index contributed by atoms with van der Waals surface area (Å²) in [6.07, 6.45) is 0. The summed E-state index contributed by atoms with van der Waals surface area (Å²) >= 11 is 3.26. The van der Waals surface area contributed by atoms with Crippen molar-refractivity contribution in [3.8, 4) is 0 Å². The van der Waals surface area contributed by atoms with Crippen LogP contribution in [-0.4, -0.2) is 49.8 Å². The van der Waals surface area contributed by atoms with Gasteiger partial charge in [0.25, 0.3) is 0 Å². The van der Waals surface area contributed by atoms with E-state index in [2.05, 4.69) is 15.9 Å². The van der Waals surface area contributed by atoms with Gasteiger partial charge in [-0.1, -0.05) is 29.8 Å². The Balaban J connectivity index is 2.73. The van der Waals surface area contributed by atoms with Gasteiger partial charge in [-0.05, 0) is 30.2 Å². The van der Waals surface area contributed by atoms with E-state index in [1.54, 1.807) is 29.2 Å². The van der Waals surface area contributed by atoms with Crippen LogP contribution in [0.3, 0.4) is 0 Å². The lowest BCUT2D eigenvalue weighted by Crippen LogP contribution is -2.36. The Morgan fingerprint density at radius 1 is 1.29 bits per heavy atom. The van der Waals surface area contributed by atoms with E-state index >= 15 is 0 Å². The third-order valence-corrected chi connectivity index (χ3v) is 5.07. The number of halogens is 1. The van der Waals surface area contributed by atoms with Crippen LogP contribution < -0.4 is 0 Å². The Hall–Kier alpha value is -0.920. The standard InChI is InChI=1S/C14H20BrNO4S/c1-11(2)9-16(10-14(17)18)7-8-21(19,20)13-5-3-12(15)4-6-13/h3-6,11H,7-10H2,1-2H3,(H,17,18). The topological polar surface area (TPSA) is 74.7 Å². The van der Waals surface area contributed by atoms with Crippen molar-refractivity contribution in [2.75, 3.05) is 25.4 Å². The van der Waals surface area contributed by atoms with Crippen LogP contribution in [-0.2, 0) is 14.6 Å². The molecule has 0 aliphatic carbocycles. The second-order valence-corrected chi connectivity index (χ2v) is 8.32. The molecule has 5 nitrogen and oxygen atoms in total. The van der Waals surface area contributed by atoms with Gasteiger partial charge in [0.1, 0.15) is 0 Å². The molecule has 0 fully saturated rings. The van der Waals surface area contributed by atoms with Crippen molar-refractivity contribution in [2.45, 2.75) is 18.7 Å². The summed E-state index contributed by atoms with van der Waals surface area (Å²) in [7, 11) is -3.40. The molecule has 1 N–H and O–H groups in total. The zero-order valence-corrected chi connectivity index (χ0v) is 14.5. The Bertz CT molecular complexity index is 569. The Labute approximate surface area is 134 Å². The highest BCUT2D eigenvalue weighted by molar-refractivity contribution is 9.10. The van der Waals surface area contributed by atoms with E-state index in [1.807, 2.05) is 13.8 Å². The summed E-state index contributed by atoms with van der Waals surface area (Å²) in [5, 5.41) is 8.88. The average molecular weight is 378 g/mol. The van der Waals surface area contributed by atoms with Crippen molar-refractivity contribution in [3.63, 3.8) is 0 Å². The molecule has 1 aromatic rings. The molecule has 7 heteroatoms. The monoisotopic (exact) mass is 377 g/mol. The average Bonchev–Trinajstić information content (AvgIpc) is 2.35. The molecule has 0 saturated carbocycles. The van der Waals surface area contributed by atoms with Gasteiger partial charge in [0.2, 0.25) is 0 Å². The maximum atomic E-state index is 12.2. The smallest absolute Gasteiger partial charge is 0.317 e. The molecule has 0 spiro atoms. The van der Waals surface area contributed by atoms with Crippen molar-refractivity contribution in [2.24, 2.45) is 5.92 Å². The highest BCUT2D eigenvalue weighted by atomic mass is 79.9. The molecule has 0 aliphatic heterocycles. The molecular formula is C14H20BrNO4S. The van der Waals surface area contributed by atoms with Gasteiger partial charge < -0.3 is 5.11 Å². The molecule has 1 rings (SSSR count). The van der Waals surface area contributed by atoms with E-state index in [9.17, 15) is 13.2 Å². The minimum absolute atomic E-state index is 0.0887. The number of hydrogen-bond acceptors (Lipinski definition) is 4. The molecule has 0 heterocycles. The van der Waals surface area contributed by atoms with Gasteiger partial charge in [-0.25, -0.2) is 8.42 Å². The fourth-order valence-electron chi connectivity index (χ4n) is 1.95. The molecule has 0 radical (unpaired) electrons. The number of nitrogens with zero attached hydrogens (tertiary/aromatic N) is 1. The van der Waals surface area contributed by atoms with Crippen LogP contribution in [0.4, 0.5) is 0 Å². The molecule has 0 aliphatic rings. The zero-order valence-electron chi connectivity index (χ0n) is 12.1. The molecule has 0 aromatic heterocycles. The van der Waals surface area contributed by atoms with Gasteiger partial charge in [-0.3, -0.25) is 9.69 Å². The fraction of sp³-hybridized carbons (Fsp3) is 0.500. The van der Waals surface area contributed by atoms with Crippen LogP contribution in [0.1, 0.15) is 13.8 Å². The van der Waals surface area contributed by atoms with Crippen molar-refractivity contribution in [1.29, 1.82) is 0 Å². The molecule has 1 aromatic carbocycles. The van der Waals surface area contributed by atoms with Crippen LogP contribution in [0.2, 0.25) is 0 Å². The Morgan fingerprint density at radius 2 is 1.86 bits per heavy atom. The molecular weight excluding hydrogens is 358 g/mol. The normalized spacial score (nSPS) is 12.0. The van der Waals surface area contributed by atoms with E-state index in [-0.39, 0.29) is 29.7 Å². The number of carboxylic acids is 1. The second-order valence-electron chi connectivity index (χ2n) is 5.30.